The van der Waals surface area contributed by atoms with Crippen LogP contribution in [-0.2, 0) is 4.79 Å². The molecule has 0 unspecified atom stereocenters. The number of nitrogens with one attached hydrogen (secondary N) is 1. The van der Waals surface area contributed by atoms with Crippen LogP contribution in [0.2, 0.25) is 0 Å². The Morgan fingerprint density at radius 2 is 2.36 bits per heavy atom. The molecule has 2 heterocycles. The van der Waals surface area contributed by atoms with Crippen LogP contribution < -0.4 is 5.32 Å². The number of pyridine rings is 1. The van der Waals surface area contributed by atoms with Crippen LogP contribution in [0.5, 0.6) is 0 Å². The van der Waals surface area contributed by atoms with Gasteiger partial charge in [0, 0.05) is 18.5 Å². The summed E-state index contributed by atoms with van der Waals surface area (Å²) in [5, 5.41) is 2.27. The lowest BCUT2D eigenvalue weighted by Gasteiger charge is -2.01. The minimum atomic E-state index is -0.491. The fourth-order valence-corrected chi connectivity index (χ4v) is 1.31. The summed E-state index contributed by atoms with van der Waals surface area (Å²) in [6.07, 6.45) is 3.68. The van der Waals surface area contributed by atoms with Crippen LogP contribution in [0, 0.1) is 12.7 Å². The van der Waals surface area contributed by atoms with Gasteiger partial charge >= 0.3 is 0 Å². The van der Waals surface area contributed by atoms with Crippen molar-refractivity contribution in [2.24, 2.45) is 0 Å². The standard InChI is InChI=1S/C9H8FN3O/c1-6-3-13-4-8(11-5-14)7(10)2-9(13)12-6/h2-5H,1H3,(H,11,14). The maximum atomic E-state index is 13.2. The Morgan fingerprint density at radius 3 is 3.07 bits per heavy atom. The molecule has 4 nitrogen and oxygen atoms in total. The molecular weight excluding hydrogens is 185 g/mol. The van der Waals surface area contributed by atoms with E-state index in [1.807, 2.05) is 6.92 Å². The summed E-state index contributed by atoms with van der Waals surface area (Å²) in [6, 6.07) is 1.28. The Labute approximate surface area is 79.4 Å². The van der Waals surface area contributed by atoms with E-state index in [9.17, 15) is 9.18 Å². The molecule has 1 N–H and O–H groups in total. The number of nitrogens with zero attached hydrogens (tertiary/aromatic N) is 2. The molecule has 0 aliphatic carbocycles. The lowest BCUT2D eigenvalue weighted by atomic mass is 10.4. The van der Waals surface area contributed by atoms with Gasteiger partial charge in [-0.15, -0.1) is 0 Å². The van der Waals surface area contributed by atoms with Gasteiger partial charge in [0.05, 0.1) is 11.4 Å². The van der Waals surface area contributed by atoms with Crippen LogP contribution in [0.3, 0.4) is 0 Å². The molecule has 5 heteroatoms. The molecule has 0 spiro atoms. The number of aryl methyl sites for hydroxylation is 1. The predicted molar refractivity (Wildman–Crippen MR) is 49.6 cm³/mol. The summed E-state index contributed by atoms with van der Waals surface area (Å²) in [5.41, 5.74) is 1.47. The molecule has 0 aliphatic rings. The molecule has 0 aromatic carbocycles. The highest BCUT2D eigenvalue weighted by molar-refractivity contribution is 5.71. The Hall–Kier alpha value is -1.91. The second kappa shape index (κ2) is 3.10. The first-order chi connectivity index (χ1) is 6.70. The number of hydrogen-bond donors (Lipinski definition) is 1. The van der Waals surface area contributed by atoms with Crippen molar-refractivity contribution < 1.29 is 9.18 Å². The Bertz CT molecular complexity index is 492. The topological polar surface area (TPSA) is 46.4 Å². The second-order valence-electron chi connectivity index (χ2n) is 2.94. The highest BCUT2D eigenvalue weighted by Gasteiger charge is 2.05. The van der Waals surface area contributed by atoms with E-state index in [1.165, 1.54) is 12.3 Å². The predicted octanol–water partition coefficient (Wildman–Crippen LogP) is 1.35. The number of imidazole rings is 1. The lowest BCUT2D eigenvalue weighted by molar-refractivity contribution is -0.105. The van der Waals surface area contributed by atoms with Crippen LogP contribution in [0.15, 0.2) is 18.5 Å². The largest absolute Gasteiger partial charge is 0.325 e. The number of aromatic nitrogens is 2. The Kier molecular flexibility index (Phi) is 1.92. The van der Waals surface area contributed by atoms with Crippen molar-refractivity contribution in [3.63, 3.8) is 0 Å². The van der Waals surface area contributed by atoms with E-state index in [4.69, 9.17) is 0 Å². The third-order valence-electron chi connectivity index (χ3n) is 1.88. The van der Waals surface area contributed by atoms with Crippen LogP contribution in [0.1, 0.15) is 5.69 Å². The zero-order chi connectivity index (χ0) is 10.1. The van der Waals surface area contributed by atoms with Gasteiger partial charge in [-0.05, 0) is 6.92 Å². The zero-order valence-corrected chi connectivity index (χ0v) is 7.49. The highest BCUT2D eigenvalue weighted by Crippen LogP contribution is 2.15. The number of halogens is 1. The third kappa shape index (κ3) is 1.32. The van der Waals surface area contributed by atoms with Gasteiger partial charge in [0.1, 0.15) is 5.65 Å². The number of amides is 1. The van der Waals surface area contributed by atoms with E-state index in [1.54, 1.807) is 10.6 Å². The second-order valence-corrected chi connectivity index (χ2v) is 2.94. The summed E-state index contributed by atoms with van der Waals surface area (Å²) in [5.74, 6) is -0.491. The highest BCUT2D eigenvalue weighted by atomic mass is 19.1. The van der Waals surface area contributed by atoms with E-state index in [2.05, 4.69) is 10.3 Å². The summed E-state index contributed by atoms with van der Waals surface area (Å²) in [4.78, 5) is 14.2. The first-order valence-electron chi connectivity index (χ1n) is 4.06. The molecule has 0 bridgehead atoms. The Morgan fingerprint density at radius 1 is 1.57 bits per heavy atom. The van der Waals surface area contributed by atoms with Crippen LogP contribution in [0.25, 0.3) is 5.65 Å². The van der Waals surface area contributed by atoms with E-state index in [0.717, 1.165) is 5.69 Å². The third-order valence-corrected chi connectivity index (χ3v) is 1.88. The monoisotopic (exact) mass is 193 g/mol. The van der Waals surface area contributed by atoms with Crippen molar-refractivity contribution in [3.05, 3.63) is 30.0 Å². The molecule has 72 valence electrons. The van der Waals surface area contributed by atoms with Gasteiger partial charge < -0.3 is 9.72 Å². The number of anilines is 1. The summed E-state index contributed by atoms with van der Waals surface area (Å²) >= 11 is 0. The molecule has 1 amide bonds. The molecule has 0 atom stereocenters. The summed E-state index contributed by atoms with van der Waals surface area (Å²) in [7, 11) is 0. The number of fused-ring (bicyclic) bond motifs is 1. The Balaban J connectivity index is 2.63. The first kappa shape index (κ1) is 8.68. The van der Waals surface area contributed by atoms with Crippen LogP contribution in [0.4, 0.5) is 10.1 Å². The number of rotatable bonds is 2. The van der Waals surface area contributed by atoms with Crippen molar-refractivity contribution in [3.8, 4) is 0 Å². The smallest absolute Gasteiger partial charge is 0.211 e. The van der Waals surface area contributed by atoms with Crippen molar-refractivity contribution in [2.45, 2.75) is 6.92 Å². The fourth-order valence-electron chi connectivity index (χ4n) is 1.31. The van der Waals surface area contributed by atoms with Crippen molar-refractivity contribution in [2.75, 3.05) is 5.32 Å². The van der Waals surface area contributed by atoms with E-state index < -0.39 is 5.82 Å². The minimum Gasteiger partial charge on any atom is -0.325 e. The SMILES string of the molecule is Cc1cn2cc(NC=O)c(F)cc2n1. The van der Waals surface area contributed by atoms with Crippen molar-refractivity contribution in [1.29, 1.82) is 0 Å². The normalized spacial score (nSPS) is 10.4. The van der Waals surface area contributed by atoms with Crippen molar-refractivity contribution >= 4 is 17.7 Å². The molecule has 2 aromatic heterocycles. The maximum Gasteiger partial charge on any atom is 0.211 e. The molecule has 0 radical (unpaired) electrons. The average Bonchev–Trinajstić information content (AvgIpc) is 2.45. The fraction of sp³-hybridized carbons (Fsp3) is 0.111. The number of hydrogen-bond acceptors (Lipinski definition) is 2. The number of carbonyl (C=O) groups is 1. The molecule has 14 heavy (non-hydrogen) atoms. The minimum absolute atomic E-state index is 0.143. The van der Waals surface area contributed by atoms with Crippen LogP contribution in [-0.4, -0.2) is 15.8 Å². The lowest BCUT2D eigenvalue weighted by Crippen LogP contribution is -1.99. The summed E-state index contributed by atoms with van der Waals surface area (Å²) in [6.45, 7) is 1.82. The van der Waals surface area contributed by atoms with Gasteiger partial charge in [-0.1, -0.05) is 0 Å². The van der Waals surface area contributed by atoms with Gasteiger partial charge in [-0.25, -0.2) is 9.37 Å². The molecule has 2 aromatic rings. The van der Waals surface area contributed by atoms with E-state index in [-0.39, 0.29) is 5.69 Å². The van der Waals surface area contributed by atoms with Gasteiger partial charge in [-0.2, -0.15) is 0 Å². The maximum absolute atomic E-state index is 13.2. The molecule has 0 saturated heterocycles. The van der Waals surface area contributed by atoms with Crippen LogP contribution >= 0.6 is 0 Å². The van der Waals surface area contributed by atoms with Gasteiger partial charge in [0.15, 0.2) is 5.82 Å². The average molecular weight is 193 g/mol. The van der Waals surface area contributed by atoms with Gasteiger partial charge in [0.2, 0.25) is 6.41 Å². The number of carbonyl (C=O) groups excluding carboxylic acids is 1. The molecule has 2 rings (SSSR count). The van der Waals surface area contributed by atoms with Gasteiger partial charge in [0.25, 0.3) is 0 Å². The van der Waals surface area contributed by atoms with E-state index >= 15 is 0 Å². The zero-order valence-electron chi connectivity index (χ0n) is 7.49. The molecular formula is C9H8FN3O. The summed E-state index contributed by atoms with van der Waals surface area (Å²) < 4.78 is 14.9. The molecule has 0 fully saturated rings. The molecule has 0 saturated carbocycles. The van der Waals surface area contributed by atoms with E-state index in [0.29, 0.717) is 12.1 Å². The first-order valence-corrected chi connectivity index (χ1v) is 4.06. The van der Waals surface area contributed by atoms with Gasteiger partial charge in [-0.3, -0.25) is 4.79 Å². The van der Waals surface area contributed by atoms with Crippen molar-refractivity contribution in [1.82, 2.24) is 9.38 Å². The molecule has 0 aliphatic heterocycles. The quantitative estimate of drug-likeness (QED) is 0.732.